The molecule has 0 amide bonds. The number of pyridine rings is 1. The van der Waals surface area contributed by atoms with E-state index in [1.165, 1.54) is 18.2 Å². The summed E-state index contributed by atoms with van der Waals surface area (Å²) in [4.78, 5) is 32.4. The van der Waals surface area contributed by atoms with Gasteiger partial charge in [-0.05, 0) is 45.8 Å². The number of ether oxygens (including phenoxy) is 1. The maximum Gasteiger partial charge on any atom is 0.437 e. The minimum atomic E-state index is -5.04. The molecule has 1 unspecified atom stereocenters. The number of rotatable bonds is 5. The molecule has 0 saturated heterocycles. The van der Waals surface area contributed by atoms with Crippen molar-refractivity contribution in [2.24, 2.45) is 0 Å². The molecule has 0 N–H and O–H groups in total. The van der Waals surface area contributed by atoms with Crippen LogP contribution in [-0.4, -0.2) is 24.1 Å². The van der Waals surface area contributed by atoms with Crippen LogP contribution in [0.1, 0.15) is 17.0 Å². The highest BCUT2D eigenvalue weighted by atomic mass is 35.5. The lowest BCUT2D eigenvalue weighted by atomic mass is 10.1. The van der Waals surface area contributed by atoms with Gasteiger partial charge in [0.1, 0.15) is 5.75 Å². The molecule has 4 aromatic rings. The van der Waals surface area contributed by atoms with Crippen LogP contribution in [0.2, 0.25) is 5.02 Å². The lowest BCUT2D eigenvalue weighted by Gasteiger charge is -2.15. The Labute approximate surface area is 211 Å². The molecule has 0 spiro atoms. The number of halogens is 5. The van der Waals surface area contributed by atoms with Gasteiger partial charge in [-0.25, -0.2) is 14.4 Å². The third kappa shape index (κ3) is 5.66. The van der Waals surface area contributed by atoms with Crippen molar-refractivity contribution in [1.82, 2.24) is 24.1 Å². The van der Waals surface area contributed by atoms with Gasteiger partial charge < -0.3 is 4.74 Å². The first-order valence-electron chi connectivity index (χ1n) is 10.0. The Kier molecular flexibility index (Phi) is 7.07. The number of hydrogen-bond acceptors (Lipinski definition) is 7. The molecular weight excluding hydrogens is 539 g/mol. The highest BCUT2D eigenvalue weighted by Gasteiger charge is 2.38. The second-order valence-corrected chi connectivity index (χ2v) is 8.34. The average molecular weight is 551 g/mol. The van der Waals surface area contributed by atoms with Crippen molar-refractivity contribution in [2.75, 3.05) is 0 Å². The fourth-order valence-corrected chi connectivity index (χ4v) is 3.75. The standard InChI is InChI=1S/C22H12ClF4N6O3P/c23-13-3-11(7-28)4-15(5-13)36-18-19(22(25,26)27)30-10-32(21(18)35)9-14-6-16(20(34)33(37)31-14)12-1-2-17(24)29-8-12/h1-6,8,10H,9,37H2. The van der Waals surface area contributed by atoms with Gasteiger partial charge in [0.2, 0.25) is 11.7 Å². The summed E-state index contributed by atoms with van der Waals surface area (Å²) < 4.78 is 61.0. The zero-order valence-electron chi connectivity index (χ0n) is 18.2. The van der Waals surface area contributed by atoms with Crippen molar-refractivity contribution in [2.45, 2.75) is 12.7 Å². The van der Waals surface area contributed by atoms with Crippen molar-refractivity contribution >= 4 is 21.0 Å². The Balaban J connectivity index is 1.79. The van der Waals surface area contributed by atoms with Gasteiger partial charge in [-0.2, -0.15) is 27.9 Å². The smallest absolute Gasteiger partial charge is 0.437 e. The van der Waals surface area contributed by atoms with E-state index in [9.17, 15) is 27.2 Å². The number of nitrogens with zero attached hydrogens (tertiary/aromatic N) is 6. The molecular formula is C22H12ClF4N6O3P. The van der Waals surface area contributed by atoms with Crippen LogP contribution in [-0.2, 0) is 12.7 Å². The Bertz CT molecular complexity index is 1670. The van der Waals surface area contributed by atoms with Crippen LogP contribution in [0.4, 0.5) is 17.6 Å². The van der Waals surface area contributed by atoms with Crippen molar-refractivity contribution in [3.63, 3.8) is 0 Å². The van der Waals surface area contributed by atoms with E-state index in [1.807, 2.05) is 9.39 Å². The molecule has 1 aromatic carbocycles. The van der Waals surface area contributed by atoms with Crippen LogP contribution in [0.3, 0.4) is 0 Å². The Morgan fingerprint density at radius 3 is 2.51 bits per heavy atom. The third-order valence-electron chi connectivity index (χ3n) is 4.84. The van der Waals surface area contributed by atoms with E-state index in [0.29, 0.717) is 6.33 Å². The number of hydrogen-bond donors (Lipinski definition) is 0. The summed E-state index contributed by atoms with van der Waals surface area (Å²) in [5.41, 5.74) is -3.00. The van der Waals surface area contributed by atoms with Crippen LogP contribution in [0.5, 0.6) is 11.5 Å². The van der Waals surface area contributed by atoms with E-state index in [1.54, 1.807) is 6.07 Å². The largest absolute Gasteiger partial charge is 0.449 e. The molecule has 0 aliphatic rings. The maximum absolute atomic E-state index is 13.6. The van der Waals surface area contributed by atoms with Crippen LogP contribution in [0.25, 0.3) is 11.1 Å². The number of nitriles is 1. The summed E-state index contributed by atoms with van der Waals surface area (Å²) in [7, 11) is 2.05. The zero-order chi connectivity index (χ0) is 26.9. The molecule has 0 radical (unpaired) electrons. The molecule has 0 fully saturated rings. The summed E-state index contributed by atoms with van der Waals surface area (Å²) in [6, 6.07) is 8.93. The highest BCUT2D eigenvalue weighted by Crippen LogP contribution is 2.35. The summed E-state index contributed by atoms with van der Waals surface area (Å²) in [5, 5.41) is 13.1. The molecule has 3 heterocycles. The maximum atomic E-state index is 13.6. The van der Waals surface area contributed by atoms with Crippen LogP contribution in [0.15, 0.2) is 58.5 Å². The van der Waals surface area contributed by atoms with Gasteiger partial charge in [-0.1, -0.05) is 11.6 Å². The normalized spacial score (nSPS) is 11.3. The highest BCUT2D eigenvalue weighted by molar-refractivity contribution is 7.14. The van der Waals surface area contributed by atoms with Gasteiger partial charge in [-0.15, -0.1) is 0 Å². The van der Waals surface area contributed by atoms with Crippen molar-refractivity contribution < 1.29 is 22.3 Å². The van der Waals surface area contributed by atoms with E-state index < -0.39 is 41.2 Å². The lowest BCUT2D eigenvalue weighted by Crippen LogP contribution is -2.28. The topological polar surface area (TPSA) is 116 Å². The molecule has 1 atom stereocenters. The van der Waals surface area contributed by atoms with Gasteiger partial charge in [-0.3, -0.25) is 14.2 Å². The minimum absolute atomic E-state index is 0.00143. The van der Waals surface area contributed by atoms with Gasteiger partial charge >= 0.3 is 6.18 Å². The minimum Gasteiger partial charge on any atom is -0.449 e. The molecule has 0 bridgehead atoms. The van der Waals surface area contributed by atoms with E-state index in [-0.39, 0.29) is 33.2 Å². The average Bonchev–Trinajstić information content (AvgIpc) is 2.83. The molecule has 0 saturated carbocycles. The van der Waals surface area contributed by atoms with Crippen LogP contribution >= 0.6 is 21.0 Å². The quantitative estimate of drug-likeness (QED) is 0.209. The van der Waals surface area contributed by atoms with E-state index in [2.05, 4.69) is 15.1 Å². The van der Waals surface area contributed by atoms with Crippen LogP contribution in [0, 0.1) is 17.3 Å². The molecule has 9 nitrogen and oxygen atoms in total. The molecule has 37 heavy (non-hydrogen) atoms. The third-order valence-corrected chi connectivity index (χ3v) is 5.41. The van der Waals surface area contributed by atoms with Crippen LogP contribution < -0.4 is 15.9 Å². The summed E-state index contributed by atoms with van der Waals surface area (Å²) in [6.45, 7) is -0.407. The first-order chi connectivity index (χ1) is 17.5. The molecule has 4 rings (SSSR count). The predicted octanol–water partition coefficient (Wildman–Crippen LogP) is 4.02. The van der Waals surface area contributed by atoms with Gasteiger partial charge in [0.15, 0.2) is 5.69 Å². The number of benzene rings is 1. The summed E-state index contributed by atoms with van der Waals surface area (Å²) in [5.74, 6) is -2.20. The molecule has 0 aliphatic carbocycles. The monoisotopic (exact) mass is 550 g/mol. The van der Waals surface area contributed by atoms with E-state index in [0.717, 1.165) is 33.4 Å². The molecule has 3 aromatic heterocycles. The Morgan fingerprint density at radius 1 is 1.11 bits per heavy atom. The number of aromatic nitrogens is 5. The van der Waals surface area contributed by atoms with Gasteiger partial charge in [0, 0.05) is 16.8 Å². The predicted molar refractivity (Wildman–Crippen MR) is 126 cm³/mol. The fraction of sp³-hybridized carbons (Fsp3) is 0.0909. The van der Waals surface area contributed by atoms with Gasteiger partial charge in [0.05, 0.1) is 35.8 Å². The van der Waals surface area contributed by atoms with Crippen molar-refractivity contribution in [3.8, 4) is 28.7 Å². The fourth-order valence-electron chi connectivity index (χ4n) is 3.24. The second kappa shape index (κ2) is 10.1. The van der Waals surface area contributed by atoms with Crippen molar-refractivity contribution in [1.29, 1.82) is 5.26 Å². The molecule has 15 heteroatoms. The zero-order valence-corrected chi connectivity index (χ0v) is 20.1. The van der Waals surface area contributed by atoms with E-state index in [4.69, 9.17) is 21.6 Å². The summed E-state index contributed by atoms with van der Waals surface area (Å²) in [6.07, 6.45) is -3.26. The van der Waals surface area contributed by atoms with E-state index >= 15 is 0 Å². The SMILES string of the molecule is N#Cc1cc(Cl)cc(Oc2c(C(F)(F)F)ncn(Cc3cc(-c4ccc(F)nc4)c(=O)n(P)n3)c2=O)c1. The summed E-state index contributed by atoms with van der Waals surface area (Å²) >= 11 is 5.89. The first kappa shape index (κ1) is 25.9. The second-order valence-electron chi connectivity index (χ2n) is 7.41. The first-order valence-corrected chi connectivity index (χ1v) is 10.9. The number of alkyl halides is 3. The Morgan fingerprint density at radius 2 is 1.86 bits per heavy atom. The molecule has 0 aliphatic heterocycles. The Hall–Kier alpha value is -4.14. The lowest BCUT2D eigenvalue weighted by molar-refractivity contribution is -0.142. The van der Waals surface area contributed by atoms with Gasteiger partial charge in [0.25, 0.3) is 11.1 Å². The van der Waals surface area contributed by atoms with Crippen molar-refractivity contribution in [3.05, 3.63) is 97.6 Å². The molecule has 188 valence electrons.